The van der Waals surface area contributed by atoms with Crippen molar-refractivity contribution in [2.45, 2.75) is 0 Å². The third-order valence-corrected chi connectivity index (χ3v) is 4.13. The number of carbonyl (C=O) groups excluding carboxylic acids is 1. The van der Waals surface area contributed by atoms with E-state index in [1.165, 1.54) is 19.5 Å². The first kappa shape index (κ1) is 18.2. The van der Waals surface area contributed by atoms with Gasteiger partial charge in [0.25, 0.3) is 5.91 Å². The second-order valence-electron chi connectivity index (χ2n) is 5.81. The van der Waals surface area contributed by atoms with Crippen molar-refractivity contribution in [2.24, 2.45) is 12.1 Å². The summed E-state index contributed by atoms with van der Waals surface area (Å²) in [5, 5.41) is 4.41. The predicted molar refractivity (Wildman–Crippen MR) is 104 cm³/mol. The van der Waals surface area contributed by atoms with E-state index in [9.17, 15) is 9.59 Å². The monoisotopic (exact) mass is 365 g/mol. The predicted octanol–water partition coefficient (Wildman–Crippen LogP) is 2.32. The molecular weight excluding hydrogens is 346 g/mol. The van der Waals surface area contributed by atoms with E-state index in [4.69, 9.17) is 9.47 Å². The highest BCUT2D eigenvalue weighted by atomic mass is 16.5. The van der Waals surface area contributed by atoms with Gasteiger partial charge in [0.05, 0.1) is 26.0 Å². The Bertz CT molecular complexity index is 1090. The Hall–Kier alpha value is -3.61. The maximum Gasteiger partial charge on any atom is 0.276 e. The number of pyridine rings is 1. The number of carbonyl (C=O) groups is 1. The molecule has 0 saturated carbocycles. The molecule has 27 heavy (non-hydrogen) atoms. The molecule has 3 aromatic rings. The van der Waals surface area contributed by atoms with Crippen molar-refractivity contribution >= 4 is 23.0 Å². The largest absolute Gasteiger partial charge is 0.493 e. The molecule has 0 aliphatic heterocycles. The molecule has 3 rings (SSSR count). The molecule has 7 heteroatoms. The summed E-state index contributed by atoms with van der Waals surface area (Å²) in [6.07, 6.45) is 2.97. The van der Waals surface area contributed by atoms with Gasteiger partial charge < -0.3 is 14.0 Å². The van der Waals surface area contributed by atoms with E-state index in [0.29, 0.717) is 22.4 Å². The van der Waals surface area contributed by atoms with E-state index < -0.39 is 5.91 Å². The van der Waals surface area contributed by atoms with Crippen molar-refractivity contribution in [1.82, 2.24) is 9.99 Å². The molecule has 1 amide bonds. The van der Waals surface area contributed by atoms with Crippen LogP contribution in [-0.4, -0.2) is 30.9 Å². The van der Waals surface area contributed by atoms with Crippen molar-refractivity contribution in [3.8, 4) is 11.5 Å². The number of para-hydroxylation sites is 1. The molecule has 1 N–H and O–H groups in total. The molecule has 138 valence electrons. The van der Waals surface area contributed by atoms with Crippen LogP contribution < -0.4 is 20.3 Å². The second-order valence-corrected chi connectivity index (χ2v) is 5.81. The quantitative estimate of drug-likeness (QED) is 0.556. The average molecular weight is 365 g/mol. The molecular formula is C20H19N3O4. The first-order chi connectivity index (χ1) is 13.0. The molecule has 0 aliphatic carbocycles. The number of ether oxygens (including phenoxy) is 2. The van der Waals surface area contributed by atoms with Crippen LogP contribution in [0.5, 0.6) is 11.5 Å². The molecule has 0 bridgehead atoms. The highest BCUT2D eigenvalue weighted by molar-refractivity contribution is 5.97. The maximum absolute atomic E-state index is 12.6. The Labute approximate surface area is 155 Å². The molecule has 1 heterocycles. The number of nitrogens with zero attached hydrogens (tertiary/aromatic N) is 2. The lowest BCUT2D eigenvalue weighted by Crippen LogP contribution is -2.26. The molecule has 0 radical (unpaired) electrons. The molecule has 0 spiro atoms. The van der Waals surface area contributed by atoms with Gasteiger partial charge >= 0.3 is 0 Å². The van der Waals surface area contributed by atoms with Gasteiger partial charge in [-0.25, -0.2) is 5.43 Å². The zero-order valence-electron chi connectivity index (χ0n) is 15.2. The molecule has 7 nitrogen and oxygen atoms in total. The summed E-state index contributed by atoms with van der Waals surface area (Å²) in [5.74, 6) is 0.576. The summed E-state index contributed by atoms with van der Waals surface area (Å²) in [6.45, 7) is 0. The summed E-state index contributed by atoms with van der Waals surface area (Å²) in [4.78, 5) is 24.9. The number of rotatable bonds is 5. The summed E-state index contributed by atoms with van der Waals surface area (Å²) in [6, 6.07) is 12.4. The highest BCUT2D eigenvalue weighted by Gasteiger charge is 2.13. The summed E-state index contributed by atoms with van der Waals surface area (Å²) in [7, 11) is 4.87. The van der Waals surface area contributed by atoms with Gasteiger partial charge in [0.1, 0.15) is 5.56 Å². The molecule has 2 aromatic carbocycles. The number of hydrogen-bond donors (Lipinski definition) is 1. The average Bonchev–Trinajstić information content (AvgIpc) is 2.70. The Morgan fingerprint density at radius 1 is 1.11 bits per heavy atom. The van der Waals surface area contributed by atoms with Crippen LogP contribution in [0.15, 0.2) is 58.6 Å². The van der Waals surface area contributed by atoms with E-state index in [0.717, 1.165) is 5.52 Å². The van der Waals surface area contributed by atoms with Gasteiger partial charge in [-0.05, 0) is 35.9 Å². The number of benzene rings is 2. The van der Waals surface area contributed by atoms with Gasteiger partial charge in [-0.1, -0.05) is 12.1 Å². The van der Waals surface area contributed by atoms with Crippen molar-refractivity contribution in [1.29, 1.82) is 0 Å². The lowest BCUT2D eigenvalue weighted by Gasteiger charge is -2.08. The van der Waals surface area contributed by atoms with Crippen molar-refractivity contribution in [3.63, 3.8) is 0 Å². The van der Waals surface area contributed by atoms with Crippen LogP contribution in [0.2, 0.25) is 0 Å². The third kappa shape index (κ3) is 3.67. The van der Waals surface area contributed by atoms with Crippen LogP contribution >= 0.6 is 0 Å². The summed E-state index contributed by atoms with van der Waals surface area (Å²) in [5.41, 5.74) is 3.55. The Morgan fingerprint density at radius 3 is 2.59 bits per heavy atom. The number of methoxy groups -OCH3 is 2. The number of hydrazone groups is 1. The fraction of sp³-hybridized carbons (Fsp3) is 0.150. The van der Waals surface area contributed by atoms with Crippen molar-refractivity contribution < 1.29 is 14.3 Å². The lowest BCUT2D eigenvalue weighted by molar-refractivity contribution is 0.0953. The van der Waals surface area contributed by atoms with Crippen LogP contribution in [-0.2, 0) is 7.05 Å². The number of hydrogen-bond acceptors (Lipinski definition) is 5. The van der Waals surface area contributed by atoms with Gasteiger partial charge in [0.2, 0.25) is 5.43 Å². The van der Waals surface area contributed by atoms with Crippen LogP contribution in [0.25, 0.3) is 10.9 Å². The number of aromatic nitrogens is 1. The fourth-order valence-corrected chi connectivity index (χ4v) is 2.76. The van der Waals surface area contributed by atoms with Gasteiger partial charge in [-0.3, -0.25) is 9.59 Å². The van der Waals surface area contributed by atoms with Crippen LogP contribution in [0.3, 0.4) is 0 Å². The van der Waals surface area contributed by atoms with E-state index >= 15 is 0 Å². The highest BCUT2D eigenvalue weighted by Crippen LogP contribution is 2.26. The maximum atomic E-state index is 12.6. The molecule has 0 aliphatic rings. The van der Waals surface area contributed by atoms with Crippen molar-refractivity contribution in [2.75, 3.05) is 14.2 Å². The van der Waals surface area contributed by atoms with Gasteiger partial charge in [-0.15, -0.1) is 0 Å². The Balaban J connectivity index is 1.82. The fourth-order valence-electron chi connectivity index (χ4n) is 2.76. The minimum Gasteiger partial charge on any atom is -0.493 e. The molecule has 0 atom stereocenters. The lowest BCUT2D eigenvalue weighted by atomic mass is 10.1. The zero-order chi connectivity index (χ0) is 19.4. The summed E-state index contributed by atoms with van der Waals surface area (Å²) < 4.78 is 12.1. The normalized spacial score (nSPS) is 10.9. The summed E-state index contributed by atoms with van der Waals surface area (Å²) >= 11 is 0. The standard InChI is InChI=1S/C20H19N3O4/c1-23-12-15(19(24)14-6-4-5-7-16(14)23)20(25)22-21-11-13-8-9-17(26-2)18(10-13)27-3/h4-12H,1-3H3,(H,22,25). The first-order valence-electron chi connectivity index (χ1n) is 8.19. The Kier molecular flexibility index (Phi) is 5.21. The molecule has 0 saturated heterocycles. The number of fused-ring (bicyclic) bond motifs is 1. The van der Waals surface area contributed by atoms with Crippen LogP contribution in [0.4, 0.5) is 0 Å². The minimum absolute atomic E-state index is 0.0284. The van der Waals surface area contributed by atoms with E-state index in [2.05, 4.69) is 10.5 Å². The Morgan fingerprint density at radius 2 is 1.85 bits per heavy atom. The third-order valence-electron chi connectivity index (χ3n) is 4.13. The van der Waals surface area contributed by atoms with Gasteiger partial charge in [0, 0.05) is 18.6 Å². The van der Waals surface area contributed by atoms with Crippen LogP contribution in [0.1, 0.15) is 15.9 Å². The zero-order valence-corrected chi connectivity index (χ0v) is 15.2. The number of aryl methyl sites for hydroxylation is 1. The van der Waals surface area contributed by atoms with Crippen molar-refractivity contribution in [3.05, 3.63) is 70.0 Å². The number of amides is 1. The van der Waals surface area contributed by atoms with Gasteiger partial charge in [0.15, 0.2) is 11.5 Å². The smallest absolute Gasteiger partial charge is 0.276 e. The molecule has 0 unspecified atom stereocenters. The topological polar surface area (TPSA) is 81.9 Å². The van der Waals surface area contributed by atoms with Gasteiger partial charge in [-0.2, -0.15) is 5.10 Å². The van der Waals surface area contributed by atoms with Crippen LogP contribution in [0, 0.1) is 0 Å². The first-order valence-corrected chi connectivity index (χ1v) is 8.19. The molecule has 1 aromatic heterocycles. The van der Waals surface area contributed by atoms with E-state index in [1.807, 2.05) is 12.1 Å². The minimum atomic E-state index is -0.571. The second kappa shape index (κ2) is 7.74. The van der Waals surface area contributed by atoms with E-state index in [-0.39, 0.29) is 11.0 Å². The number of nitrogens with one attached hydrogen (secondary N) is 1. The molecule has 0 fully saturated rings. The van der Waals surface area contributed by atoms with E-state index in [1.54, 1.807) is 49.1 Å². The SMILES string of the molecule is COc1ccc(C=NNC(=O)c2cn(C)c3ccccc3c2=O)cc1OC.